The van der Waals surface area contributed by atoms with Crippen LogP contribution in [-0.4, -0.2) is 18.1 Å². The van der Waals surface area contributed by atoms with E-state index in [2.05, 4.69) is 11.9 Å². The largest absolute Gasteiger partial charge is 0.487 e. The van der Waals surface area contributed by atoms with Crippen molar-refractivity contribution in [1.29, 1.82) is 0 Å². The molecule has 1 heterocycles. The Morgan fingerprint density at radius 1 is 1.16 bits per heavy atom. The molecule has 1 aromatic carbocycles. The van der Waals surface area contributed by atoms with Crippen molar-refractivity contribution in [2.45, 2.75) is 77.2 Å². The van der Waals surface area contributed by atoms with Crippen molar-refractivity contribution in [3.8, 4) is 5.75 Å². The summed E-state index contributed by atoms with van der Waals surface area (Å²) in [5.41, 5.74) is 1.63. The Hall–Kier alpha value is -1.97. The summed E-state index contributed by atoms with van der Waals surface area (Å²) < 4.78 is 20.4. The minimum absolute atomic E-state index is 0.0767. The number of hydrogen-bond acceptors (Lipinski definition) is 3. The van der Waals surface area contributed by atoms with Crippen LogP contribution in [0.25, 0.3) is 0 Å². The predicted octanol–water partition coefficient (Wildman–Crippen LogP) is 6.31. The first-order chi connectivity index (χ1) is 15.1. The summed E-state index contributed by atoms with van der Waals surface area (Å²) in [6, 6.07) is 5.19. The first kappa shape index (κ1) is 20.9. The van der Waals surface area contributed by atoms with Gasteiger partial charge in [-0.15, -0.1) is 0 Å². The van der Waals surface area contributed by atoms with Crippen LogP contribution in [0.2, 0.25) is 0 Å². The average molecular weight is 424 g/mol. The van der Waals surface area contributed by atoms with Crippen LogP contribution in [0.15, 0.2) is 35.0 Å². The van der Waals surface area contributed by atoms with Crippen molar-refractivity contribution in [3.05, 3.63) is 41.4 Å². The molecule has 3 unspecified atom stereocenters. The lowest BCUT2D eigenvalue weighted by Crippen LogP contribution is -2.26. The van der Waals surface area contributed by atoms with E-state index >= 15 is 0 Å². The molecule has 5 rings (SSSR count). The van der Waals surface area contributed by atoms with Gasteiger partial charge in [0.1, 0.15) is 5.70 Å². The Bertz CT molecular complexity index is 871. The van der Waals surface area contributed by atoms with Gasteiger partial charge in [-0.2, -0.15) is 0 Å². The van der Waals surface area contributed by atoms with Crippen molar-refractivity contribution in [2.24, 2.45) is 34.6 Å². The van der Waals surface area contributed by atoms with Gasteiger partial charge < -0.3 is 4.74 Å². The van der Waals surface area contributed by atoms with Gasteiger partial charge >= 0.3 is 0 Å². The molecule has 3 fully saturated rings. The Balaban J connectivity index is 1.36. The number of carbonyl (C=O) groups is 1. The average Bonchev–Trinajstić information content (AvgIpc) is 3.53. The number of allylic oxidation sites excluding steroid dienone is 2. The molecular formula is C27H34FNO2. The molecule has 4 heteroatoms. The van der Waals surface area contributed by atoms with Crippen LogP contribution in [0.3, 0.4) is 0 Å². The van der Waals surface area contributed by atoms with Gasteiger partial charge in [0, 0.05) is 18.6 Å². The molecule has 0 spiro atoms. The van der Waals surface area contributed by atoms with Gasteiger partial charge in [-0.05, 0) is 105 Å². The number of nitrogens with zero attached hydrogens (tertiary/aromatic N) is 1. The third-order valence-electron chi connectivity index (χ3n) is 8.14. The molecule has 31 heavy (non-hydrogen) atoms. The summed E-state index contributed by atoms with van der Waals surface area (Å²) in [4.78, 5) is 17.8. The van der Waals surface area contributed by atoms with E-state index in [0.717, 1.165) is 68.3 Å². The molecule has 0 N–H and O–H groups in total. The molecule has 0 saturated heterocycles. The second-order valence-electron chi connectivity index (χ2n) is 10.4. The number of carbonyl (C=O) groups excluding carboxylic acids is 1. The maximum Gasteiger partial charge on any atom is 0.184 e. The number of aliphatic imine (C=N–C) groups is 1. The quantitative estimate of drug-likeness (QED) is 0.516. The lowest BCUT2D eigenvalue weighted by Gasteiger charge is -2.24. The number of halogens is 1. The molecule has 5 atom stereocenters. The van der Waals surface area contributed by atoms with Crippen molar-refractivity contribution in [2.75, 3.05) is 0 Å². The maximum atomic E-state index is 14.4. The van der Waals surface area contributed by atoms with Crippen LogP contribution in [0, 0.1) is 35.4 Å². The van der Waals surface area contributed by atoms with E-state index in [0.29, 0.717) is 23.8 Å². The minimum atomic E-state index is -0.300. The predicted molar refractivity (Wildman–Crippen MR) is 121 cm³/mol. The van der Waals surface area contributed by atoms with Crippen LogP contribution >= 0.6 is 0 Å². The highest BCUT2D eigenvalue weighted by molar-refractivity contribution is 6.00. The van der Waals surface area contributed by atoms with Gasteiger partial charge in [-0.25, -0.2) is 4.39 Å². The monoisotopic (exact) mass is 423 g/mol. The Kier molecular flexibility index (Phi) is 5.99. The highest BCUT2D eigenvalue weighted by atomic mass is 19.1. The van der Waals surface area contributed by atoms with E-state index in [1.807, 2.05) is 24.4 Å². The molecule has 4 aliphatic rings. The van der Waals surface area contributed by atoms with E-state index in [9.17, 15) is 9.18 Å². The second kappa shape index (κ2) is 8.88. The van der Waals surface area contributed by atoms with Crippen LogP contribution in [-0.2, 0) is 11.2 Å². The fraction of sp³-hybridized carbons (Fsp3) is 0.630. The number of Topliss-reactive ketones (excluding diaryl/α,β-unsaturated/α-hetero) is 1. The van der Waals surface area contributed by atoms with Gasteiger partial charge in [0.15, 0.2) is 17.3 Å². The van der Waals surface area contributed by atoms with E-state index in [4.69, 9.17) is 4.74 Å². The summed E-state index contributed by atoms with van der Waals surface area (Å²) in [5, 5.41) is 0. The van der Waals surface area contributed by atoms with E-state index in [-0.39, 0.29) is 23.6 Å². The van der Waals surface area contributed by atoms with Crippen molar-refractivity contribution >= 4 is 12.0 Å². The highest BCUT2D eigenvalue weighted by Gasteiger charge is 2.44. The van der Waals surface area contributed by atoms with Crippen LogP contribution in [0.1, 0.15) is 70.3 Å². The first-order valence-corrected chi connectivity index (χ1v) is 12.3. The van der Waals surface area contributed by atoms with Gasteiger partial charge in [0.25, 0.3) is 0 Å². The number of rotatable bonds is 7. The standard InChI is InChI=1S/C27H34FNO2/c1-17-11-19-15-21(16-20(19)12-17)23(27(30)25-7-4-10-29-25)13-18-8-9-24(28)26(14-18)31-22-5-2-3-6-22/h7-10,14,17,19-23H,2-6,11-13,15-16H2,1H3/t17?,19-,20+,21?,23?. The van der Waals surface area contributed by atoms with E-state index in [1.54, 1.807) is 0 Å². The van der Waals surface area contributed by atoms with Crippen molar-refractivity contribution in [3.63, 3.8) is 0 Å². The summed E-state index contributed by atoms with van der Waals surface area (Å²) >= 11 is 0. The van der Waals surface area contributed by atoms with Crippen LogP contribution < -0.4 is 4.74 Å². The van der Waals surface area contributed by atoms with E-state index in [1.165, 1.54) is 18.9 Å². The lowest BCUT2D eigenvalue weighted by molar-refractivity contribution is -0.120. The normalized spacial score (nSPS) is 31.1. The van der Waals surface area contributed by atoms with Gasteiger partial charge in [0.05, 0.1) is 6.10 Å². The van der Waals surface area contributed by atoms with E-state index < -0.39 is 0 Å². The van der Waals surface area contributed by atoms with Crippen molar-refractivity contribution in [1.82, 2.24) is 0 Å². The number of ketones is 1. The lowest BCUT2D eigenvalue weighted by atomic mass is 9.80. The van der Waals surface area contributed by atoms with Crippen molar-refractivity contribution < 1.29 is 13.9 Å². The zero-order valence-electron chi connectivity index (χ0n) is 18.6. The molecule has 0 amide bonds. The zero-order chi connectivity index (χ0) is 21.4. The number of fused-ring (bicyclic) bond motifs is 1. The Morgan fingerprint density at radius 3 is 2.58 bits per heavy atom. The first-order valence-electron chi connectivity index (χ1n) is 12.3. The summed E-state index contributed by atoms with van der Waals surface area (Å²) in [7, 11) is 0. The number of hydrogen-bond donors (Lipinski definition) is 0. The maximum absolute atomic E-state index is 14.4. The second-order valence-corrected chi connectivity index (χ2v) is 10.4. The fourth-order valence-electron chi connectivity index (χ4n) is 6.70. The van der Waals surface area contributed by atoms with Crippen LogP contribution in [0.4, 0.5) is 4.39 Å². The molecule has 3 aliphatic carbocycles. The molecule has 0 radical (unpaired) electrons. The number of benzene rings is 1. The Morgan fingerprint density at radius 2 is 1.90 bits per heavy atom. The molecule has 166 valence electrons. The molecule has 3 nitrogen and oxygen atoms in total. The summed E-state index contributed by atoms with van der Waals surface area (Å²) in [6.07, 6.45) is 14.5. The SMILES string of the molecule is CC1C[C@@H]2CC(C(Cc3ccc(F)c(OC4CCCC4)c3)C(=O)C3=CCC=N3)C[C@@H]2C1. The van der Waals surface area contributed by atoms with Gasteiger partial charge in [-0.1, -0.05) is 13.0 Å². The summed E-state index contributed by atoms with van der Waals surface area (Å²) in [5.74, 6) is 2.91. The topological polar surface area (TPSA) is 38.7 Å². The highest BCUT2D eigenvalue weighted by Crippen LogP contribution is 2.52. The summed E-state index contributed by atoms with van der Waals surface area (Å²) in [6.45, 7) is 2.36. The zero-order valence-corrected chi connectivity index (χ0v) is 18.6. The third kappa shape index (κ3) is 4.49. The molecule has 0 aromatic heterocycles. The molecule has 3 saturated carbocycles. The van der Waals surface area contributed by atoms with Gasteiger partial charge in [0.2, 0.25) is 0 Å². The third-order valence-corrected chi connectivity index (χ3v) is 8.14. The molecular weight excluding hydrogens is 389 g/mol. The molecule has 1 aliphatic heterocycles. The Labute approximate surface area is 185 Å². The van der Waals surface area contributed by atoms with Crippen LogP contribution in [0.5, 0.6) is 5.75 Å². The molecule has 0 bridgehead atoms. The smallest absolute Gasteiger partial charge is 0.184 e. The molecule has 1 aromatic rings. The minimum Gasteiger partial charge on any atom is -0.487 e. The number of ether oxygens (including phenoxy) is 1. The van der Waals surface area contributed by atoms with Gasteiger partial charge in [-0.3, -0.25) is 9.79 Å². The fourth-order valence-corrected chi connectivity index (χ4v) is 6.70.